The van der Waals surface area contributed by atoms with Crippen LogP contribution in [0, 0.1) is 12.8 Å². The monoisotopic (exact) mass is 366 g/mol. The average molecular weight is 366 g/mol. The molecule has 0 heterocycles. The third kappa shape index (κ3) is 5.09. The van der Waals surface area contributed by atoms with E-state index >= 15 is 0 Å². The Morgan fingerprint density at radius 2 is 1.81 bits per heavy atom. The highest BCUT2D eigenvalue weighted by molar-refractivity contribution is 5.97. The van der Waals surface area contributed by atoms with E-state index in [9.17, 15) is 9.59 Å². The molecule has 3 rings (SSSR count). The van der Waals surface area contributed by atoms with Crippen molar-refractivity contribution in [3.05, 3.63) is 53.6 Å². The minimum absolute atomic E-state index is 0.0498. The SMILES string of the molecule is CCc1ccc(OC(C)C(=O)Nc2ccc(C)c(NC(=O)C3CC3)c2)cc1. The summed E-state index contributed by atoms with van der Waals surface area (Å²) in [4.78, 5) is 24.5. The van der Waals surface area contributed by atoms with Crippen LogP contribution in [-0.4, -0.2) is 17.9 Å². The van der Waals surface area contributed by atoms with Gasteiger partial charge in [-0.1, -0.05) is 25.1 Å². The maximum Gasteiger partial charge on any atom is 0.265 e. The summed E-state index contributed by atoms with van der Waals surface area (Å²) >= 11 is 0. The molecule has 2 N–H and O–H groups in total. The lowest BCUT2D eigenvalue weighted by atomic mass is 10.1. The average Bonchev–Trinajstić information content (AvgIpc) is 3.50. The largest absolute Gasteiger partial charge is 0.481 e. The van der Waals surface area contributed by atoms with Crippen molar-refractivity contribution in [2.75, 3.05) is 10.6 Å². The van der Waals surface area contributed by atoms with Crippen LogP contribution in [0.25, 0.3) is 0 Å². The predicted molar refractivity (Wildman–Crippen MR) is 107 cm³/mol. The van der Waals surface area contributed by atoms with Crippen molar-refractivity contribution in [3.63, 3.8) is 0 Å². The second-order valence-electron chi connectivity index (χ2n) is 7.04. The molecule has 2 aromatic rings. The Labute approximate surface area is 160 Å². The van der Waals surface area contributed by atoms with E-state index in [4.69, 9.17) is 4.74 Å². The number of ether oxygens (including phenoxy) is 1. The smallest absolute Gasteiger partial charge is 0.265 e. The Kier molecular flexibility index (Phi) is 5.79. The molecule has 142 valence electrons. The van der Waals surface area contributed by atoms with E-state index in [2.05, 4.69) is 17.6 Å². The molecule has 1 atom stereocenters. The van der Waals surface area contributed by atoms with Crippen LogP contribution in [0.4, 0.5) is 11.4 Å². The summed E-state index contributed by atoms with van der Waals surface area (Å²) in [6.07, 6.45) is 2.23. The lowest BCUT2D eigenvalue weighted by molar-refractivity contribution is -0.122. The first kappa shape index (κ1) is 19.0. The van der Waals surface area contributed by atoms with Crippen molar-refractivity contribution < 1.29 is 14.3 Å². The summed E-state index contributed by atoms with van der Waals surface area (Å²) in [5.74, 6) is 0.609. The number of rotatable bonds is 7. The fourth-order valence-corrected chi connectivity index (χ4v) is 2.72. The fraction of sp³-hybridized carbons (Fsp3) is 0.364. The highest BCUT2D eigenvalue weighted by Gasteiger charge is 2.29. The topological polar surface area (TPSA) is 67.4 Å². The van der Waals surface area contributed by atoms with Gasteiger partial charge in [-0.2, -0.15) is 0 Å². The molecule has 0 radical (unpaired) electrons. The van der Waals surface area contributed by atoms with Gasteiger partial charge in [0.2, 0.25) is 5.91 Å². The summed E-state index contributed by atoms with van der Waals surface area (Å²) < 4.78 is 5.72. The van der Waals surface area contributed by atoms with Crippen LogP contribution < -0.4 is 15.4 Å². The summed E-state index contributed by atoms with van der Waals surface area (Å²) in [6, 6.07) is 13.2. The van der Waals surface area contributed by atoms with Gasteiger partial charge in [-0.15, -0.1) is 0 Å². The Morgan fingerprint density at radius 3 is 2.44 bits per heavy atom. The Bertz CT molecular complexity index is 826. The minimum Gasteiger partial charge on any atom is -0.481 e. The van der Waals surface area contributed by atoms with Crippen molar-refractivity contribution in [2.24, 2.45) is 5.92 Å². The number of carbonyl (C=O) groups excluding carboxylic acids is 2. The van der Waals surface area contributed by atoms with Crippen molar-refractivity contribution >= 4 is 23.2 Å². The van der Waals surface area contributed by atoms with Gasteiger partial charge in [-0.3, -0.25) is 9.59 Å². The summed E-state index contributed by atoms with van der Waals surface area (Å²) in [7, 11) is 0. The Morgan fingerprint density at radius 1 is 1.11 bits per heavy atom. The van der Waals surface area contributed by atoms with Crippen LogP contribution in [0.2, 0.25) is 0 Å². The van der Waals surface area contributed by atoms with E-state index in [0.29, 0.717) is 11.4 Å². The first-order chi connectivity index (χ1) is 13.0. The molecule has 1 saturated carbocycles. The maximum atomic E-state index is 12.5. The van der Waals surface area contributed by atoms with Crippen LogP contribution in [0.5, 0.6) is 5.75 Å². The predicted octanol–water partition coefficient (Wildman–Crippen LogP) is 4.31. The van der Waals surface area contributed by atoms with Crippen LogP contribution in [0.1, 0.15) is 37.8 Å². The molecule has 0 aliphatic heterocycles. The molecule has 0 saturated heterocycles. The van der Waals surface area contributed by atoms with Crippen molar-refractivity contribution in [1.29, 1.82) is 0 Å². The summed E-state index contributed by atoms with van der Waals surface area (Å²) in [5, 5.41) is 5.80. The van der Waals surface area contributed by atoms with E-state index < -0.39 is 6.10 Å². The van der Waals surface area contributed by atoms with Crippen LogP contribution in [0.3, 0.4) is 0 Å². The number of carbonyl (C=O) groups is 2. The molecule has 1 unspecified atom stereocenters. The van der Waals surface area contributed by atoms with Gasteiger partial charge in [0.15, 0.2) is 6.10 Å². The zero-order valence-electron chi connectivity index (χ0n) is 16.0. The Balaban J connectivity index is 1.61. The van der Waals surface area contributed by atoms with Gasteiger partial charge in [0, 0.05) is 17.3 Å². The maximum absolute atomic E-state index is 12.5. The van der Waals surface area contributed by atoms with Crippen LogP contribution in [0.15, 0.2) is 42.5 Å². The van der Waals surface area contributed by atoms with Gasteiger partial charge in [0.25, 0.3) is 5.91 Å². The number of benzene rings is 2. The van der Waals surface area contributed by atoms with E-state index in [-0.39, 0.29) is 17.7 Å². The van der Waals surface area contributed by atoms with Gasteiger partial charge in [0.05, 0.1) is 0 Å². The number of amides is 2. The van der Waals surface area contributed by atoms with Gasteiger partial charge in [-0.25, -0.2) is 0 Å². The second-order valence-corrected chi connectivity index (χ2v) is 7.04. The van der Waals surface area contributed by atoms with Crippen LogP contribution >= 0.6 is 0 Å². The fourth-order valence-electron chi connectivity index (χ4n) is 2.72. The molecule has 5 nitrogen and oxygen atoms in total. The lowest BCUT2D eigenvalue weighted by Crippen LogP contribution is -2.30. The van der Waals surface area contributed by atoms with Gasteiger partial charge in [0.1, 0.15) is 5.75 Å². The third-order valence-electron chi connectivity index (χ3n) is 4.72. The molecule has 1 aliphatic rings. The first-order valence-electron chi connectivity index (χ1n) is 9.44. The summed E-state index contributed by atoms with van der Waals surface area (Å²) in [6.45, 7) is 5.74. The number of nitrogens with one attached hydrogen (secondary N) is 2. The van der Waals surface area contributed by atoms with E-state index in [1.165, 1.54) is 5.56 Å². The third-order valence-corrected chi connectivity index (χ3v) is 4.72. The molecule has 0 bridgehead atoms. The van der Waals surface area contributed by atoms with E-state index in [1.54, 1.807) is 13.0 Å². The number of anilines is 2. The highest BCUT2D eigenvalue weighted by atomic mass is 16.5. The van der Waals surface area contributed by atoms with Gasteiger partial charge >= 0.3 is 0 Å². The molecular formula is C22H26N2O3. The van der Waals surface area contributed by atoms with Gasteiger partial charge in [-0.05, 0) is 68.5 Å². The quantitative estimate of drug-likeness (QED) is 0.767. The zero-order chi connectivity index (χ0) is 19.4. The first-order valence-corrected chi connectivity index (χ1v) is 9.44. The highest BCUT2D eigenvalue weighted by Crippen LogP contribution is 2.31. The second kappa shape index (κ2) is 8.25. The molecule has 2 amide bonds. The zero-order valence-corrected chi connectivity index (χ0v) is 16.0. The lowest BCUT2D eigenvalue weighted by Gasteiger charge is -2.16. The molecule has 5 heteroatoms. The van der Waals surface area contributed by atoms with E-state index in [0.717, 1.165) is 30.5 Å². The standard InChI is InChI=1S/C22H26N2O3/c1-4-16-6-11-19(12-7-16)27-15(3)21(25)23-18-10-5-14(2)20(13-18)24-22(26)17-8-9-17/h5-7,10-13,15,17H,4,8-9H2,1-3H3,(H,23,25)(H,24,26). The van der Waals surface area contributed by atoms with Crippen molar-refractivity contribution in [1.82, 2.24) is 0 Å². The molecule has 27 heavy (non-hydrogen) atoms. The van der Waals surface area contributed by atoms with Gasteiger partial charge < -0.3 is 15.4 Å². The minimum atomic E-state index is -0.636. The molecule has 2 aromatic carbocycles. The molecule has 1 aliphatic carbocycles. The molecular weight excluding hydrogens is 340 g/mol. The number of hydrogen-bond acceptors (Lipinski definition) is 3. The number of hydrogen-bond donors (Lipinski definition) is 2. The molecule has 1 fully saturated rings. The molecule has 0 aromatic heterocycles. The van der Waals surface area contributed by atoms with Crippen molar-refractivity contribution in [2.45, 2.75) is 46.1 Å². The molecule has 0 spiro atoms. The van der Waals surface area contributed by atoms with Crippen molar-refractivity contribution in [3.8, 4) is 5.75 Å². The normalized spacial score (nSPS) is 14.3. The summed E-state index contributed by atoms with van der Waals surface area (Å²) in [5.41, 5.74) is 3.55. The number of aryl methyl sites for hydroxylation is 2. The Hall–Kier alpha value is -2.82. The van der Waals surface area contributed by atoms with E-state index in [1.807, 2.05) is 43.3 Å². The van der Waals surface area contributed by atoms with Crippen LogP contribution in [-0.2, 0) is 16.0 Å².